The van der Waals surface area contributed by atoms with E-state index in [1.165, 1.54) is 13.2 Å². The predicted molar refractivity (Wildman–Crippen MR) is 60.1 cm³/mol. The Morgan fingerprint density at radius 1 is 1.47 bits per heavy atom. The highest BCUT2D eigenvalue weighted by Gasteiger charge is 2.18. The molecule has 17 heavy (non-hydrogen) atoms. The Balaban J connectivity index is 2.68. The van der Waals surface area contributed by atoms with Gasteiger partial charge in [-0.1, -0.05) is 23.2 Å². The molecule has 0 spiro atoms. The molecule has 0 radical (unpaired) electrons. The highest BCUT2D eigenvalue weighted by molar-refractivity contribution is 6.52. The summed E-state index contributed by atoms with van der Waals surface area (Å²) in [6.45, 7) is 1.45. The van der Waals surface area contributed by atoms with Gasteiger partial charge in [-0.2, -0.15) is 0 Å². The molecule has 0 saturated heterocycles. The average Bonchev–Trinajstić information content (AvgIpc) is 2.66. The number of halogens is 2. The molecule has 94 valence electrons. The summed E-state index contributed by atoms with van der Waals surface area (Å²) in [5, 5.41) is 0. The Bertz CT molecular complexity index is 424. The molecule has 5 nitrogen and oxygen atoms in total. The van der Waals surface area contributed by atoms with Gasteiger partial charge in [-0.05, 0) is 13.0 Å². The predicted octanol–water partition coefficient (Wildman–Crippen LogP) is 2.22. The van der Waals surface area contributed by atoms with Crippen molar-refractivity contribution in [2.75, 3.05) is 7.11 Å². The number of methoxy groups -OCH3 is 1. The van der Waals surface area contributed by atoms with Crippen molar-refractivity contribution in [1.82, 2.24) is 0 Å². The van der Waals surface area contributed by atoms with E-state index in [1.54, 1.807) is 6.92 Å². The van der Waals surface area contributed by atoms with Gasteiger partial charge in [0.1, 0.15) is 23.7 Å². The monoisotopic (exact) mass is 280 g/mol. The lowest BCUT2D eigenvalue weighted by molar-refractivity contribution is -0.143. The number of carbonyl (C=O) groups excluding carboxylic acids is 2. The summed E-state index contributed by atoms with van der Waals surface area (Å²) < 4.78 is 14.5. The number of carbonyl (C=O) groups is 2. The Labute approximate surface area is 108 Å². The van der Waals surface area contributed by atoms with E-state index in [9.17, 15) is 9.59 Å². The second-order valence-electron chi connectivity index (χ2n) is 3.08. The summed E-state index contributed by atoms with van der Waals surface area (Å²) in [7, 11) is 1.26. The van der Waals surface area contributed by atoms with Crippen LogP contribution in [0.5, 0.6) is 0 Å². The molecule has 0 aliphatic rings. The van der Waals surface area contributed by atoms with Crippen molar-refractivity contribution in [3.63, 3.8) is 0 Å². The van der Waals surface area contributed by atoms with Crippen molar-refractivity contribution in [1.29, 1.82) is 0 Å². The Morgan fingerprint density at radius 2 is 2.12 bits per heavy atom. The lowest BCUT2D eigenvalue weighted by atomic mass is 10.2. The number of furan rings is 1. The van der Waals surface area contributed by atoms with Crippen LogP contribution >= 0.6 is 23.2 Å². The molecule has 0 bridgehead atoms. The fourth-order valence-electron chi connectivity index (χ4n) is 1.13. The van der Waals surface area contributed by atoms with Gasteiger partial charge < -0.3 is 13.9 Å². The second kappa shape index (κ2) is 5.93. The van der Waals surface area contributed by atoms with Gasteiger partial charge in [0.15, 0.2) is 0 Å². The standard InChI is InChI=1S/C10H10Cl2O5/c1-5-7(9(13)15-2)3-6(17-5)4-16-10(14)8(11)12/h3,8H,4H2,1-2H3. The van der Waals surface area contributed by atoms with Crippen molar-refractivity contribution >= 4 is 35.1 Å². The normalized spacial score (nSPS) is 10.4. The van der Waals surface area contributed by atoms with Crippen LogP contribution in [0.25, 0.3) is 0 Å². The van der Waals surface area contributed by atoms with Gasteiger partial charge in [0.2, 0.25) is 4.84 Å². The highest BCUT2D eigenvalue weighted by Crippen LogP contribution is 2.17. The minimum Gasteiger partial charge on any atom is -0.465 e. The van der Waals surface area contributed by atoms with E-state index in [0.717, 1.165) is 0 Å². The molecule has 0 fully saturated rings. The van der Waals surface area contributed by atoms with Gasteiger partial charge in [0.05, 0.1) is 7.11 Å². The third-order valence-corrected chi connectivity index (χ3v) is 2.27. The van der Waals surface area contributed by atoms with Crippen LogP contribution in [0.3, 0.4) is 0 Å². The fourth-order valence-corrected chi connectivity index (χ4v) is 1.26. The maximum Gasteiger partial charge on any atom is 0.341 e. The van der Waals surface area contributed by atoms with Crippen molar-refractivity contribution in [2.24, 2.45) is 0 Å². The molecular weight excluding hydrogens is 271 g/mol. The molecule has 0 amide bonds. The zero-order chi connectivity index (χ0) is 13.0. The molecule has 0 atom stereocenters. The van der Waals surface area contributed by atoms with Crippen LogP contribution in [0.1, 0.15) is 21.9 Å². The average molecular weight is 281 g/mol. The van der Waals surface area contributed by atoms with Gasteiger partial charge in [-0.15, -0.1) is 0 Å². The molecule has 0 saturated carbocycles. The lowest BCUT2D eigenvalue weighted by Gasteiger charge is -2.01. The van der Waals surface area contributed by atoms with E-state index < -0.39 is 16.8 Å². The summed E-state index contributed by atoms with van der Waals surface area (Å²) in [5.41, 5.74) is 0.284. The number of alkyl halides is 2. The molecule has 1 rings (SSSR count). The van der Waals surface area contributed by atoms with Crippen LogP contribution in [-0.2, 0) is 20.9 Å². The number of hydrogen-bond donors (Lipinski definition) is 0. The lowest BCUT2D eigenvalue weighted by Crippen LogP contribution is -2.11. The van der Waals surface area contributed by atoms with E-state index >= 15 is 0 Å². The van der Waals surface area contributed by atoms with E-state index in [-0.39, 0.29) is 12.2 Å². The van der Waals surface area contributed by atoms with Gasteiger partial charge >= 0.3 is 11.9 Å². The first-order valence-electron chi connectivity index (χ1n) is 4.58. The van der Waals surface area contributed by atoms with E-state index in [1.807, 2.05) is 0 Å². The largest absolute Gasteiger partial charge is 0.465 e. The van der Waals surface area contributed by atoms with Crippen molar-refractivity contribution < 1.29 is 23.5 Å². The molecule has 0 aliphatic carbocycles. The number of aryl methyl sites for hydroxylation is 1. The summed E-state index contributed by atoms with van der Waals surface area (Å²) >= 11 is 10.6. The van der Waals surface area contributed by atoms with Gasteiger partial charge in [0.25, 0.3) is 0 Å². The van der Waals surface area contributed by atoms with Crippen LogP contribution in [0, 0.1) is 6.92 Å². The molecule has 0 aliphatic heterocycles. The molecule has 1 aromatic rings. The maximum atomic E-state index is 11.3. The number of esters is 2. The van der Waals surface area contributed by atoms with Gasteiger partial charge in [-0.25, -0.2) is 9.59 Å². The molecule has 0 unspecified atom stereocenters. The first kappa shape index (κ1) is 13.9. The van der Waals surface area contributed by atoms with E-state index in [2.05, 4.69) is 4.74 Å². The Morgan fingerprint density at radius 3 is 2.65 bits per heavy atom. The third-order valence-electron chi connectivity index (χ3n) is 1.91. The summed E-state index contributed by atoms with van der Waals surface area (Å²) in [6.07, 6.45) is 0. The van der Waals surface area contributed by atoms with Crippen LogP contribution in [0.2, 0.25) is 0 Å². The topological polar surface area (TPSA) is 65.7 Å². The number of hydrogen-bond acceptors (Lipinski definition) is 5. The number of ether oxygens (including phenoxy) is 2. The van der Waals surface area contributed by atoms with Crippen LogP contribution in [0.4, 0.5) is 0 Å². The molecule has 7 heteroatoms. The Hall–Kier alpha value is -1.20. The molecule has 1 heterocycles. The van der Waals surface area contributed by atoms with E-state index in [4.69, 9.17) is 32.4 Å². The summed E-state index contributed by atoms with van der Waals surface area (Å²) in [6, 6.07) is 1.44. The Kier molecular flexibility index (Phi) is 4.84. The quantitative estimate of drug-likeness (QED) is 0.625. The van der Waals surface area contributed by atoms with Crippen molar-refractivity contribution in [3.05, 3.63) is 23.2 Å². The minimum atomic E-state index is -1.24. The molecule has 0 N–H and O–H groups in total. The van der Waals surface area contributed by atoms with Gasteiger partial charge in [-0.3, -0.25) is 0 Å². The molecule has 0 aromatic carbocycles. The first-order valence-corrected chi connectivity index (χ1v) is 5.45. The number of rotatable bonds is 4. The van der Waals surface area contributed by atoms with E-state index in [0.29, 0.717) is 11.5 Å². The summed E-state index contributed by atoms with van der Waals surface area (Å²) in [5.74, 6) is -0.597. The zero-order valence-electron chi connectivity index (χ0n) is 9.16. The minimum absolute atomic E-state index is 0.146. The maximum absolute atomic E-state index is 11.3. The van der Waals surface area contributed by atoms with Crippen LogP contribution in [-0.4, -0.2) is 23.9 Å². The van der Waals surface area contributed by atoms with Crippen molar-refractivity contribution in [2.45, 2.75) is 18.4 Å². The van der Waals surface area contributed by atoms with Gasteiger partial charge in [0, 0.05) is 0 Å². The fraction of sp³-hybridized carbons (Fsp3) is 0.400. The zero-order valence-corrected chi connectivity index (χ0v) is 10.7. The van der Waals surface area contributed by atoms with Crippen LogP contribution < -0.4 is 0 Å². The molecular formula is C10H10Cl2O5. The van der Waals surface area contributed by atoms with Crippen LogP contribution in [0.15, 0.2) is 10.5 Å². The smallest absolute Gasteiger partial charge is 0.341 e. The SMILES string of the molecule is COC(=O)c1cc(COC(=O)C(Cl)Cl)oc1C. The third kappa shape index (κ3) is 3.64. The highest BCUT2D eigenvalue weighted by atomic mass is 35.5. The summed E-state index contributed by atoms with van der Waals surface area (Å²) in [4.78, 5) is 21.0. The van der Waals surface area contributed by atoms with Crippen molar-refractivity contribution in [3.8, 4) is 0 Å². The second-order valence-corrected chi connectivity index (χ2v) is 4.18. The first-order chi connectivity index (χ1) is 7.95. The molecule has 1 aromatic heterocycles.